The molecule has 0 amide bonds. The molecule has 13 heavy (non-hydrogen) atoms. The van der Waals surface area contributed by atoms with E-state index in [0.717, 1.165) is 0 Å². The van der Waals surface area contributed by atoms with Crippen molar-refractivity contribution in [2.24, 2.45) is 5.92 Å². The summed E-state index contributed by atoms with van der Waals surface area (Å²) >= 11 is 0. The first-order valence-corrected chi connectivity index (χ1v) is 4.53. The minimum Gasteiger partial charge on any atom is -0.296 e. The number of rotatable bonds is 2. The van der Waals surface area contributed by atoms with E-state index in [9.17, 15) is 8.78 Å². The molecule has 4 heteroatoms. The van der Waals surface area contributed by atoms with Crippen LogP contribution in [-0.4, -0.2) is 30.5 Å². The van der Waals surface area contributed by atoms with Gasteiger partial charge in [0.25, 0.3) is 5.92 Å². The molecule has 0 aromatic carbocycles. The zero-order valence-electron chi connectivity index (χ0n) is 7.76. The van der Waals surface area contributed by atoms with Crippen molar-refractivity contribution < 1.29 is 8.78 Å². The molecule has 0 aromatic heterocycles. The van der Waals surface area contributed by atoms with E-state index in [1.807, 2.05) is 6.07 Å². The normalized spacial score (nSPS) is 28.3. The van der Waals surface area contributed by atoms with E-state index in [1.54, 1.807) is 11.8 Å². The molecule has 0 aliphatic carbocycles. The van der Waals surface area contributed by atoms with E-state index in [2.05, 4.69) is 0 Å². The Morgan fingerprint density at radius 3 is 2.85 bits per heavy atom. The molecule has 0 spiro atoms. The molecule has 1 saturated heterocycles. The summed E-state index contributed by atoms with van der Waals surface area (Å²) in [5, 5.41) is 8.31. The van der Waals surface area contributed by atoms with Crippen LogP contribution in [0.5, 0.6) is 0 Å². The lowest BCUT2D eigenvalue weighted by molar-refractivity contribution is -0.104. The SMILES string of the molecule is C[C@@H]1CCN(CCC#N)CC1(F)F. The molecular weight excluding hydrogens is 174 g/mol. The number of halogens is 2. The molecule has 0 unspecified atom stereocenters. The maximum absolute atomic E-state index is 13.2. The fraction of sp³-hybridized carbons (Fsp3) is 0.889. The lowest BCUT2D eigenvalue weighted by Crippen LogP contribution is -2.47. The highest BCUT2D eigenvalue weighted by molar-refractivity contribution is 4.85. The molecule has 1 atom stereocenters. The Kier molecular flexibility index (Phi) is 3.21. The molecule has 1 fully saturated rings. The quantitative estimate of drug-likeness (QED) is 0.661. The van der Waals surface area contributed by atoms with Gasteiger partial charge >= 0.3 is 0 Å². The first kappa shape index (κ1) is 10.4. The van der Waals surface area contributed by atoms with E-state index >= 15 is 0 Å². The zero-order chi connectivity index (χ0) is 9.90. The van der Waals surface area contributed by atoms with Crippen LogP contribution in [0.25, 0.3) is 0 Å². The lowest BCUT2D eigenvalue weighted by Gasteiger charge is -2.36. The highest BCUT2D eigenvalue weighted by atomic mass is 19.3. The molecular formula is C9H14F2N2. The highest BCUT2D eigenvalue weighted by Gasteiger charge is 2.41. The number of likely N-dealkylation sites (tertiary alicyclic amines) is 1. The third-order valence-electron chi connectivity index (χ3n) is 2.57. The fourth-order valence-corrected chi connectivity index (χ4v) is 1.52. The van der Waals surface area contributed by atoms with Crippen molar-refractivity contribution in [1.82, 2.24) is 4.90 Å². The fourth-order valence-electron chi connectivity index (χ4n) is 1.52. The molecule has 1 heterocycles. The van der Waals surface area contributed by atoms with E-state index < -0.39 is 11.8 Å². The molecule has 0 aromatic rings. The molecule has 74 valence electrons. The van der Waals surface area contributed by atoms with Crippen molar-refractivity contribution in [3.05, 3.63) is 0 Å². The monoisotopic (exact) mass is 188 g/mol. The Hall–Kier alpha value is -0.690. The molecule has 0 bridgehead atoms. The highest BCUT2D eigenvalue weighted by Crippen LogP contribution is 2.32. The van der Waals surface area contributed by atoms with Crippen LogP contribution in [0.3, 0.4) is 0 Å². The zero-order valence-corrected chi connectivity index (χ0v) is 7.76. The van der Waals surface area contributed by atoms with Gasteiger partial charge in [-0.1, -0.05) is 6.92 Å². The van der Waals surface area contributed by atoms with Crippen LogP contribution in [-0.2, 0) is 0 Å². The van der Waals surface area contributed by atoms with Crippen molar-refractivity contribution in [3.8, 4) is 6.07 Å². The Morgan fingerprint density at radius 2 is 2.31 bits per heavy atom. The first-order valence-electron chi connectivity index (χ1n) is 4.53. The van der Waals surface area contributed by atoms with Gasteiger partial charge in [-0.2, -0.15) is 5.26 Å². The van der Waals surface area contributed by atoms with Gasteiger partial charge in [-0.15, -0.1) is 0 Å². The Balaban J connectivity index is 2.42. The standard InChI is InChI=1S/C9H14F2N2/c1-8-3-6-13(5-2-4-12)7-9(8,10)11/h8H,2-3,5-7H2,1H3/t8-/m1/s1. The minimum absolute atomic E-state index is 0.185. The van der Waals surface area contributed by atoms with Gasteiger partial charge in [0.15, 0.2) is 0 Å². The second-order valence-electron chi connectivity index (χ2n) is 3.64. The number of hydrogen-bond acceptors (Lipinski definition) is 2. The second kappa shape index (κ2) is 4.01. The van der Waals surface area contributed by atoms with Gasteiger partial charge < -0.3 is 0 Å². The van der Waals surface area contributed by atoms with E-state index in [-0.39, 0.29) is 6.54 Å². The summed E-state index contributed by atoms with van der Waals surface area (Å²) in [5.41, 5.74) is 0. The maximum Gasteiger partial charge on any atom is 0.263 e. The third kappa shape index (κ3) is 2.63. The van der Waals surface area contributed by atoms with Crippen molar-refractivity contribution in [1.29, 1.82) is 5.26 Å². The second-order valence-corrected chi connectivity index (χ2v) is 3.64. The summed E-state index contributed by atoms with van der Waals surface area (Å²) in [7, 11) is 0. The smallest absolute Gasteiger partial charge is 0.263 e. The van der Waals surface area contributed by atoms with Gasteiger partial charge in [0.05, 0.1) is 12.6 Å². The molecule has 1 aliphatic rings. The first-order chi connectivity index (χ1) is 6.06. The Labute approximate surface area is 77.1 Å². The summed E-state index contributed by atoms with van der Waals surface area (Å²) in [6, 6.07) is 1.97. The minimum atomic E-state index is -2.58. The van der Waals surface area contributed by atoms with Gasteiger partial charge in [-0.3, -0.25) is 4.90 Å². The number of hydrogen-bond donors (Lipinski definition) is 0. The topological polar surface area (TPSA) is 27.0 Å². The average molecular weight is 188 g/mol. The van der Waals surface area contributed by atoms with Gasteiger partial charge in [-0.25, -0.2) is 8.78 Å². The van der Waals surface area contributed by atoms with Crippen molar-refractivity contribution >= 4 is 0 Å². The molecule has 1 aliphatic heterocycles. The predicted octanol–water partition coefficient (Wildman–Crippen LogP) is 1.88. The van der Waals surface area contributed by atoms with Crippen molar-refractivity contribution in [3.63, 3.8) is 0 Å². The molecule has 0 saturated carbocycles. The largest absolute Gasteiger partial charge is 0.296 e. The van der Waals surface area contributed by atoms with Crippen LogP contribution >= 0.6 is 0 Å². The van der Waals surface area contributed by atoms with Gasteiger partial charge in [-0.05, 0) is 13.0 Å². The molecule has 0 N–H and O–H groups in total. The van der Waals surface area contributed by atoms with Crippen molar-refractivity contribution in [2.45, 2.75) is 25.7 Å². The van der Waals surface area contributed by atoms with Crippen LogP contribution in [0.15, 0.2) is 0 Å². The number of piperidine rings is 1. The van der Waals surface area contributed by atoms with Gasteiger partial charge in [0.2, 0.25) is 0 Å². The molecule has 2 nitrogen and oxygen atoms in total. The van der Waals surface area contributed by atoms with Gasteiger partial charge in [0.1, 0.15) is 0 Å². The van der Waals surface area contributed by atoms with Crippen LogP contribution in [0.2, 0.25) is 0 Å². The summed E-state index contributed by atoms with van der Waals surface area (Å²) in [6.45, 7) is 2.56. The van der Waals surface area contributed by atoms with E-state index in [1.165, 1.54) is 0 Å². The Bertz CT molecular complexity index is 210. The number of nitrogens with zero attached hydrogens (tertiary/aromatic N) is 2. The maximum atomic E-state index is 13.2. The lowest BCUT2D eigenvalue weighted by atomic mass is 9.95. The van der Waals surface area contributed by atoms with Crippen LogP contribution in [0, 0.1) is 17.2 Å². The van der Waals surface area contributed by atoms with Gasteiger partial charge in [0, 0.05) is 18.9 Å². The van der Waals surface area contributed by atoms with Crippen LogP contribution in [0.1, 0.15) is 19.8 Å². The molecule has 1 rings (SSSR count). The average Bonchev–Trinajstić information content (AvgIpc) is 2.07. The van der Waals surface area contributed by atoms with Crippen molar-refractivity contribution in [2.75, 3.05) is 19.6 Å². The molecule has 0 radical (unpaired) electrons. The Morgan fingerprint density at radius 1 is 1.62 bits per heavy atom. The third-order valence-corrected chi connectivity index (χ3v) is 2.57. The van der Waals surface area contributed by atoms with E-state index in [0.29, 0.717) is 25.9 Å². The van der Waals surface area contributed by atoms with Crippen LogP contribution < -0.4 is 0 Å². The van der Waals surface area contributed by atoms with Crippen LogP contribution in [0.4, 0.5) is 8.78 Å². The predicted molar refractivity (Wildman–Crippen MR) is 45.4 cm³/mol. The number of nitriles is 1. The summed E-state index contributed by atoms with van der Waals surface area (Å²) in [5.74, 6) is -3.10. The van der Waals surface area contributed by atoms with E-state index in [4.69, 9.17) is 5.26 Å². The summed E-state index contributed by atoms with van der Waals surface area (Å²) in [6.07, 6.45) is 0.864. The number of alkyl halides is 2. The summed E-state index contributed by atoms with van der Waals surface area (Å²) in [4.78, 5) is 1.67. The summed E-state index contributed by atoms with van der Waals surface area (Å²) < 4.78 is 26.3.